The molecule has 0 aromatic carbocycles. The molecule has 0 heterocycles. The van der Waals surface area contributed by atoms with E-state index in [9.17, 15) is 9.59 Å². The van der Waals surface area contributed by atoms with Crippen LogP contribution in [-0.2, 0) is 19.1 Å². The van der Waals surface area contributed by atoms with Crippen molar-refractivity contribution >= 4 is 11.9 Å². The highest BCUT2D eigenvalue weighted by atomic mass is 16.5. The number of carbonyl (C=O) groups excluding carboxylic acids is 2. The zero-order valence-electron chi connectivity index (χ0n) is 16.0. The van der Waals surface area contributed by atoms with Gasteiger partial charge in [0.1, 0.15) is 6.04 Å². The summed E-state index contributed by atoms with van der Waals surface area (Å²) in [6, 6.07) is -1.04. The third-order valence-electron chi connectivity index (χ3n) is 4.19. The summed E-state index contributed by atoms with van der Waals surface area (Å²) < 4.78 is 10.8. The SMILES string of the molecule is C=C[C@H](N)C(=O)N(C)[C@@H]([C@@H](C)CC)[C@@H](CC(=O)OCC(C)C)OC. The van der Waals surface area contributed by atoms with Crippen molar-refractivity contribution in [1.29, 1.82) is 0 Å². The Labute approximate surface area is 146 Å². The van der Waals surface area contributed by atoms with E-state index in [2.05, 4.69) is 6.58 Å². The van der Waals surface area contributed by atoms with E-state index in [-0.39, 0.29) is 36.2 Å². The Balaban J connectivity index is 5.20. The molecule has 0 saturated carbocycles. The molecule has 0 radical (unpaired) electrons. The van der Waals surface area contributed by atoms with Gasteiger partial charge in [-0.15, -0.1) is 6.58 Å². The molecule has 0 aromatic heterocycles. The van der Waals surface area contributed by atoms with Crippen molar-refractivity contribution in [2.75, 3.05) is 20.8 Å². The van der Waals surface area contributed by atoms with Gasteiger partial charge in [-0.1, -0.05) is 40.2 Å². The predicted molar refractivity (Wildman–Crippen MR) is 95.4 cm³/mol. The lowest BCUT2D eigenvalue weighted by molar-refractivity contribution is -0.151. The van der Waals surface area contributed by atoms with Crippen LogP contribution in [-0.4, -0.2) is 55.7 Å². The first-order valence-corrected chi connectivity index (χ1v) is 8.52. The van der Waals surface area contributed by atoms with Crippen molar-refractivity contribution in [2.24, 2.45) is 17.6 Å². The summed E-state index contributed by atoms with van der Waals surface area (Å²) >= 11 is 0. The Morgan fingerprint density at radius 3 is 2.29 bits per heavy atom. The van der Waals surface area contributed by atoms with Crippen LogP contribution in [0.2, 0.25) is 0 Å². The van der Waals surface area contributed by atoms with Crippen LogP contribution >= 0.6 is 0 Å². The zero-order valence-corrected chi connectivity index (χ0v) is 16.0. The maximum Gasteiger partial charge on any atom is 0.308 e. The summed E-state index contributed by atoms with van der Waals surface area (Å²) in [5.74, 6) is -0.153. The summed E-state index contributed by atoms with van der Waals surface area (Å²) in [6.07, 6.45) is 1.89. The van der Waals surface area contributed by atoms with E-state index in [0.29, 0.717) is 6.61 Å². The van der Waals surface area contributed by atoms with Crippen molar-refractivity contribution in [1.82, 2.24) is 4.90 Å². The average molecular weight is 342 g/mol. The molecule has 1 amide bonds. The topological polar surface area (TPSA) is 81.9 Å². The molecule has 140 valence electrons. The van der Waals surface area contributed by atoms with Gasteiger partial charge in [-0.05, 0) is 11.8 Å². The van der Waals surface area contributed by atoms with E-state index in [0.717, 1.165) is 6.42 Å². The first kappa shape index (κ1) is 22.6. The van der Waals surface area contributed by atoms with Gasteiger partial charge in [0.05, 0.1) is 25.2 Å². The molecule has 0 fully saturated rings. The van der Waals surface area contributed by atoms with Crippen LogP contribution in [0.15, 0.2) is 12.7 Å². The van der Waals surface area contributed by atoms with Crippen LogP contribution < -0.4 is 5.73 Å². The van der Waals surface area contributed by atoms with Gasteiger partial charge in [-0.3, -0.25) is 9.59 Å². The number of esters is 1. The van der Waals surface area contributed by atoms with Gasteiger partial charge >= 0.3 is 5.97 Å². The molecule has 0 aliphatic rings. The zero-order chi connectivity index (χ0) is 18.9. The molecule has 6 nitrogen and oxygen atoms in total. The van der Waals surface area contributed by atoms with Crippen molar-refractivity contribution < 1.29 is 19.1 Å². The van der Waals surface area contributed by atoms with Crippen molar-refractivity contribution in [3.63, 3.8) is 0 Å². The van der Waals surface area contributed by atoms with Gasteiger partial charge < -0.3 is 20.1 Å². The van der Waals surface area contributed by atoms with Crippen LogP contribution in [0.3, 0.4) is 0 Å². The molecule has 0 aromatic rings. The highest BCUT2D eigenvalue weighted by Crippen LogP contribution is 2.22. The first-order chi connectivity index (χ1) is 11.2. The molecule has 6 heteroatoms. The Hall–Kier alpha value is -1.40. The third kappa shape index (κ3) is 7.01. The lowest BCUT2D eigenvalue weighted by Crippen LogP contribution is -2.53. The number of hydrogen-bond acceptors (Lipinski definition) is 5. The molecule has 0 aliphatic heterocycles. The summed E-state index contributed by atoms with van der Waals surface area (Å²) in [5, 5.41) is 0. The normalized spacial score (nSPS) is 16.2. The first-order valence-electron chi connectivity index (χ1n) is 8.52. The quantitative estimate of drug-likeness (QED) is 0.459. The lowest BCUT2D eigenvalue weighted by atomic mass is 9.90. The summed E-state index contributed by atoms with van der Waals surface area (Å²) in [6.45, 7) is 12.0. The summed E-state index contributed by atoms with van der Waals surface area (Å²) in [4.78, 5) is 26.1. The van der Waals surface area contributed by atoms with Gasteiger partial charge in [0.15, 0.2) is 0 Å². The highest BCUT2D eigenvalue weighted by molar-refractivity contribution is 5.83. The van der Waals surface area contributed by atoms with Crippen LogP contribution in [0.25, 0.3) is 0 Å². The molecular weight excluding hydrogens is 308 g/mol. The minimum atomic E-state index is -0.771. The number of nitrogens with two attached hydrogens (primary N) is 1. The minimum absolute atomic E-state index is 0.0964. The van der Waals surface area contributed by atoms with E-state index in [1.165, 1.54) is 6.08 Å². The van der Waals surface area contributed by atoms with Gasteiger partial charge in [-0.25, -0.2) is 0 Å². The highest BCUT2D eigenvalue weighted by Gasteiger charge is 2.35. The number of hydrogen-bond donors (Lipinski definition) is 1. The standard InChI is InChI=1S/C18H34N2O4/c1-8-13(5)17(20(6)18(22)14(19)9-2)15(23-7)10-16(21)24-11-12(3)4/h9,12-15,17H,2,8,10-11,19H2,1,3-7H3/t13-,14-,15+,17-/m0/s1. The molecule has 0 unspecified atom stereocenters. The monoisotopic (exact) mass is 342 g/mol. The second kappa shape index (κ2) is 11.2. The van der Waals surface area contributed by atoms with Crippen LogP contribution in [0, 0.1) is 11.8 Å². The largest absolute Gasteiger partial charge is 0.465 e. The Bertz CT molecular complexity index is 412. The molecule has 0 aliphatic carbocycles. The fraction of sp³-hybridized carbons (Fsp3) is 0.778. The fourth-order valence-corrected chi connectivity index (χ4v) is 2.55. The molecular formula is C18H34N2O4. The second-order valence-electron chi connectivity index (χ2n) is 6.64. The number of likely N-dealkylation sites (N-methyl/N-ethyl adjacent to an activating group) is 1. The smallest absolute Gasteiger partial charge is 0.308 e. The van der Waals surface area contributed by atoms with E-state index < -0.39 is 12.1 Å². The van der Waals surface area contributed by atoms with Crippen molar-refractivity contribution in [2.45, 2.75) is 58.7 Å². The van der Waals surface area contributed by atoms with E-state index in [1.807, 2.05) is 27.7 Å². The lowest BCUT2D eigenvalue weighted by Gasteiger charge is -2.38. The molecule has 4 atom stereocenters. The third-order valence-corrected chi connectivity index (χ3v) is 4.19. The van der Waals surface area contributed by atoms with Gasteiger partial charge in [0.25, 0.3) is 0 Å². The van der Waals surface area contributed by atoms with E-state index in [4.69, 9.17) is 15.2 Å². The van der Waals surface area contributed by atoms with Crippen LogP contribution in [0.5, 0.6) is 0 Å². The molecule has 24 heavy (non-hydrogen) atoms. The number of amides is 1. The predicted octanol–water partition coefficient (Wildman–Crippen LogP) is 1.98. The van der Waals surface area contributed by atoms with Crippen molar-refractivity contribution in [3.05, 3.63) is 12.7 Å². The number of methoxy groups -OCH3 is 1. The Morgan fingerprint density at radius 2 is 1.88 bits per heavy atom. The molecule has 2 N–H and O–H groups in total. The molecule has 0 bridgehead atoms. The fourth-order valence-electron chi connectivity index (χ4n) is 2.55. The summed E-state index contributed by atoms with van der Waals surface area (Å²) in [5.41, 5.74) is 5.78. The van der Waals surface area contributed by atoms with Gasteiger partial charge in [0, 0.05) is 14.2 Å². The Kier molecular flexibility index (Phi) is 10.6. The van der Waals surface area contributed by atoms with E-state index >= 15 is 0 Å². The summed E-state index contributed by atoms with van der Waals surface area (Å²) in [7, 11) is 3.23. The maximum absolute atomic E-state index is 12.4. The van der Waals surface area contributed by atoms with Crippen LogP contribution in [0.4, 0.5) is 0 Å². The number of rotatable bonds is 11. The minimum Gasteiger partial charge on any atom is -0.465 e. The molecule has 0 rings (SSSR count). The molecule has 0 spiro atoms. The van der Waals surface area contributed by atoms with Gasteiger partial charge in [0.2, 0.25) is 5.91 Å². The number of carbonyl (C=O) groups is 2. The van der Waals surface area contributed by atoms with Crippen LogP contribution in [0.1, 0.15) is 40.5 Å². The number of ether oxygens (including phenoxy) is 2. The average Bonchev–Trinajstić information content (AvgIpc) is 2.57. The van der Waals surface area contributed by atoms with Crippen molar-refractivity contribution in [3.8, 4) is 0 Å². The second-order valence-corrected chi connectivity index (χ2v) is 6.64. The maximum atomic E-state index is 12.4. The Morgan fingerprint density at radius 1 is 1.29 bits per heavy atom. The molecule has 0 saturated heterocycles. The van der Waals surface area contributed by atoms with Gasteiger partial charge in [-0.2, -0.15) is 0 Å². The van der Waals surface area contributed by atoms with E-state index in [1.54, 1.807) is 19.1 Å². The number of nitrogens with zero attached hydrogens (tertiary/aromatic N) is 1.